The van der Waals surface area contributed by atoms with Gasteiger partial charge in [0.1, 0.15) is 12.6 Å². The van der Waals surface area contributed by atoms with Crippen molar-refractivity contribution in [2.24, 2.45) is 5.92 Å². The van der Waals surface area contributed by atoms with E-state index in [-0.39, 0.29) is 43.7 Å². The van der Waals surface area contributed by atoms with Crippen molar-refractivity contribution >= 4 is 23.8 Å². The molecule has 0 fully saturated rings. The van der Waals surface area contributed by atoms with Crippen LogP contribution in [-0.2, 0) is 32.1 Å². The Kier molecular flexibility index (Phi) is 13.3. The lowest BCUT2D eigenvalue weighted by Crippen LogP contribution is -2.56. The molecule has 0 aliphatic carbocycles. The Bertz CT molecular complexity index is 1120. The summed E-state index contributed by atoms with van der Waals surface area (Å²) >= 11 is 0. The van der Waals surface area contributed by atoms with Gasteiger partial charge >= 0.3 is 6.09 Å². The maximum Gasteiger partial charge on any atom is 0.408 e. The van der Waals surface area contributed by atoms with Gasteiger partial charge in [-0.05, 0) is 44.2 Å². The van der Waals surface area contributed by atoms with Crippen molar-refractivity contribution in [3.05, 3.63) is 71.8 Å². The van der Waals surface area contributed by atoms with E-state index in [1.807, 2.05) is 81.4 Å². The van der Waals surface area contributed by atoms with Gasteiger partial charge in [-0.25, -0.2) is 4.79 Å². The molecule has 224 valence electrons. The predicted octanol–water partition coefficient (Wildman–Crippen LogP) is 2.84. The van der Waals surface area contributed by atoms with Crippen LogP contribution < -0.4 is 21.3 Å². The number of amides is 4. The van der Waals surface area contributed by atoms with E-state index in [2.05, 4.69) is 21.3 Å². The van der Waals surface area contributed by atoms with E-state index < -0.39 is 35.7 Å². The Morgan fingerprint density at radius 1 is 0.829 bits per heavy atom. The lowest BCUT2D eigenvalue weighted by molar-refractivity contribution is -0.127. The highest BCUT2D eigenvalue weighted by Crippen LogP contribution is 2.10. The molecule has 0 spiro atoms. The second kappa shape index (κ2) is 16.4. The summed E-state index contributed by atoms with van der Waals surface area (Å²) in [5, 5.41) is 21.9. The van der Waals surface area contributed by atoms with Crippen molar-refractivity contribution in [2.75, 3.05) is 6.54 Å². The van der Waals surface area contributed by atoms with Crippen LogP contribution in [0.5, 0.6) is 0 Å². The van der Waals surface area contributed by atoms with E-state index in [4.69, 9.17) is 4.74 Å². The van der Waals surface area contributed by atoms with Crippen molar-refractivity contribution in [3.8, 4) is 0 Å². The number of ether oxygens (including phenoxy) is 1. The molecule has 4 amide bonds. The van der Waals surface area contributed by atoms with Crippen molar-refractivity contribution < 1.29 is 29.0 Å². The second-order valence-corrected chi connectivity index (χ2v) is 11.4. The fraction of sp³-hybridized carbons (Fsp3) is 0.484. The highest BCUT2D eigenvalue weighted by Gasteiger charge is 2.30. The number of rotatable bonds is 14. The molecule has 3 atom stereocenters. The normalized spacial score (nSPS) is 13.4. The van der Waals surface area contributed by atoms with Crippen LogP contribution in [0.4, 0.5) is 4.79 Å². The molecule has 0 heterocycles. The molecule has 2 aromatic carbocycles. The summed E-state index contributed by atoms with van der Waals surface area (Å²) in [6.45, 7) is 9.09. The van der Waals surface area contributed by atoms with Crippen LogP contribution in [0.2, 0.25) is 0 Å². The van der Waals surface area contributed by atoms with Gasteiger partial charge in [-0.2, -0.15) is 0 Å². The van der Waals surface area contributed by atoms with Gasteiger partial charge in [0.25, 0.3) is 0 Å². The molecule has 0 aliphatic heterocycles. The molecule has 0 aromatic heterocycles. The smallest absolute Gasteiger partial charge is 0.408 e. The quantitative estimate of drug-likeness (QED) is 0.237. The summed E-state index contributed by atoms with van der Waals surface area (Å²) in [6, 6.07) is 16.8. The fourth-order valence-electron chi connectivity index (χ4n) is 4.01. The summed E-state index contributed by atoms with van der Waals surface area (Å²) in [5.41, 5.74) is 1.29. The Hall–Kier alpha value is -3.92. The minimum atomic E-state index is -1.13. The third kappa shape index (κ3) is 13.3. The first-order chi connectivity index (χ1) is 19.3. The number of aliphatic hydroxyl groups is 1. The molecule has 0 unspecified atom stereocenters. The van der Waals surface area contributed by atoms with E-state index in [0.29, 0.717) is 6.42 Å². The van der Waals surface area contributed by atoms with Crippen LogP contribution in [0, 0.1) is 5.92 Å². The molecule has 0 saturated carbocycles. The first kappa shape index (κ1) is 33.3. The molecule has 0 bridgehead atoms. The zero-order valence-electron chi connectivity index (χ0n) is 24.6. The van der Waals surface area contributed by atoms with E-state index >= 15 is 0 Å². The van der Waals surface area contributed by atoms with Gasteiger partial charge in [0.05, 0.1) is 12.1 Å². The zero-order valence-corrected chi connectivity index (χ0v) is 24.6. The van der Waals surface area contributed by atoms with Gasteiger partial charge in [-0.3, -0.25) is 14.4 Å². The second-order valence-electron chi connectivity index (χ2n) is 11.4. The van der Waals surface area contributed by atoms with Crippen LogP contribution in [0.3, 0.4) is 0 Å². The van der Waals surface area contributed by atoms with Gasteiger partial charge in [0.15, 0.2) is 0 Å². The molecule has 2 rings (SSSR count). The first-order valence-corrected chi connectivity index (χ1v) is 13.9. The average molecular weight is 569 g/mol. The number of benzene rings is 2. The molecule has 41 heavy (non-hydrogen) atoms. The van der Waals surface area contributed by atoms with Crippen LogP contribution in [-0.4, -0.2) is 59.2 Å². The Labute approximate surface area is 242 Å². The van der Waals surface area contributed by atoms with Crippen molar-refractivity contribution in [3.63, 3.8) is 0 Å². The Balaban J connectivity index is 2.00. The molecular formula is C31H44N4O6. The third-order valence-corrected chi connectivity index (χ3v) is 6.13. The number of alkyl carbamates (subject to hydrolysis) is 1. The van der Waals surface area contributed by atoms with Crippen LogP contribution >= 0.6 is 0 Å². The number of carbonyl (C=O) groups is 4. The van der Waals surface area contributed by atoms with Gasteiger partial charge < -0.3 is 31.1 Å². The maximum atomic E-state index is 13.3. The average Bonchev–Trinajstić information content (AvgIpc) is 2.92. The van der Waals surface area contributed by atoms with Gasteiger partial charge in [-0.1, -0.05) is 74.5 Å². The summed E-state index contributed by atoms with van der Waals surface area (Å²) in [6.07, 6.45) is -1.59. The van der Waals surface area contributed by atoms with E-state index in [1.54, 1.807) is 13.8 Å². The van der Waals surface area contributed by atoms with Gasteiger partial charge in [-0.15, -0.1) is 0 Å². The maximum absolute atomic E-state index is 13.3. The summed E-state index contributed by atoms with van der Waals surface area (Å²) in [5.74, 6) is -1.38. The van der Waals surface area contributed by atoms with Crippen molar-refractivity contribution in [1.29, 1.82) is 0 Å². The van der Waals surface area contributed by atoms with Crippen LogP contribution in [0.25, 0.3) is 0 Å². The topological polar surface area (TPSA) is 146 Å². The number of nitrogens with one attached hydrogen (secondary N) is 4. The van der Waals surface area contributed by atoms with E-state index in [9.17, 15) is 24.3 Å². The minimum Gasteiger partial charge on any atom is -0.445 e. The monoisotopic (exact) mass is 568 g/mol. The highest BCUT2D eigenvalue weighted by molar-refractivity contribution is 5.86. The molecule has 10 nitrogen and oxygen atoms in total. The summed E-state index contributed by atoms with van der Waals surface area (Å²) in [4.78, 5) is 50.1. The number of aliphatic hydroxyl groups excluding tert-OH is 1. The van der Waals surface area contributed by atoms with E-state index in [0.717, 1.165) is 11.1 Å². The van der Waals surface area contributed by atoms with Gasteiger partial charge in [0.2, 0.25) is 17.7 Å². The number of hydrogen-bond acceptors (Lipinski definition) is 6. The summed E-state index contributed by atoms with van der Waals surface area (Å²) < 4.78 is 5.28. The fourth-order valence-corrected chi connectivity index (χ4v) is 4.01. The molecular weight excluding hydrogens is 524 g/mol. The molecule has 0 radical (unpaired) electrons. The molecule has 0 saturated heterocycles. The predicted molar refractivity (Wildman–Crippen MR) is 157 cm³/mol. The van der Waals surface area contributed by atoms with Crippen LogP contribution in [0.15, 0.2) is 60.7 Å². The molecule has 0 aliphatic rings. The lowest BCUT2D eigenvalue weighted by atomic mass is 9.98. The van der Waals surface area contributed by atoms with Crippen molar-refractivity contribution in [2.45, 2.75) is 84.2 Å². The standard InChI is InChI=1S/C31H44N4O6/c1-21(2)28(34-30(40)41-20-23-14-10-7-11-15-23)29(39)33-24(18-22-12-8-6-9-13-22)25(36)19-32-26(37)16-17-27(38)35-31(3,4)5/h6-15,21,24-25,28,36H,16-20H2,1-5H3,(H,32,37)(H,33,39)(H,34,40)(H,35,38)/t24-,25+,28-/m0/s1. The Morgan fingerprint density at radius 2 is 1.39 bits per heavy atom. The zero-order chi connectivity index (χ0) is 30.4. The lowest BCUT2D eigenvalue weighted by Gasteiger charge is -2.28. The Morgan fingerprint density at radius 3 is 1.95 bits per heavy atom. The van der Waals surface area contributed by atoms with E-state index in [1.165, 1.54) is 0 Å². The first-order valence-electron chi connectivity index (χ1n) is 13.9. The SMILES string of the molecule is CC(C)[C@H](NC(=O)OCc1ccccc1)C(=O)N[C@@H](Cc1ccccc1)[C@H](O)CNC(=O)CCC(=O)NC(C)(C)C. The summed E-state index contributed by atoms with van der Waals surface area (Å²) in [7, 11) is 0. The van der Waals surface area contributed by atoms with Gasteiger partial charge in [0, 0.05) is 24.9 Å². The molecule has 2 aromatic rings. The highest BCUT2D eigenvalue weighted by atomic mass is 16.5. The number of hydrogen-bond donors (Lipinski definition) is 5. The van der Waals surface area contributed by atoms with Crippen LogP contribution in [0.1, 0.15) is 58.6 Å². The molecule has 10 heteroatoms. The number of carbonyl (C=O) groups excluding carboxylic acids is 4. The third-order valence-electron chi connectivity index (χ3n) is 6.13. The minimum absolute atomic E-state index is 0.0193. The largest absolute Gasteiger partial charge is 0.445 e. The molecule has 5 N–H and O–H groups in total. The van der Waals surface area contributed by atoms with Crippen molar-refractivity contribution in [1.82, 2.24) is 21.3 Å².